The van der Waals surface area contributed by atoms with E-state index in [0.717, 1.165) is 4.90 Å². The van der Waals surface area contributed by atoms with Gasteiger partial charge >= 0.3 is 0 Å². The molecule has 0 radical (unpaired) electrons. The van der Waals surface area contributed by atoms with E-state index in [1.807, 2.05) is 0 Å². The molecule has 160 valence electrons. The maximum Gasteiger partial charge on any atom is 0.261 e. The highest BCUT2D eigenvalue weighted by molar-refractivity contribution is 7.89. The molecule has 0 saturated carbocycles. The molecular weight excluding hydrogens is 420 g/mol. The number of pyridine rings is 1. The third-order valence-corrected chi connectivity index (χ3v) is 6.78. The average Bonchev–Trinajstić information content (AvgIpc) is 3.29. The number of amides is 2. The van der Waals surface area contributed by atoms with Crippen LogP contribution >= 0.6 is 0 Å². The number of nitrogens with zero attached hydrogens (tertiary/aromatic N) is 4. The van der Waals surface area contributed by atoms with Crippen LogP contribution in [-0.2, 0) is 16.6 Å². The van der Waals surface area contributed by atoms with Crippen LogP contribution < -0.4 is 0 Å². The first-order valence-corrected chi connectivity index (χ1v) is 11.1. The number of aryl methyl sites for hydroxylation is 1. The van der Waals surface area contributed by atoms with Gasteiger partial charge in [0.2, 0.25) is 10.0 Å². The van der Waals surface area contributed by atoms with Crippen molar-refractivity contribution in [1.29, 1.82) is 0 Å². The van der Waals surface area contributed by atoms with Gasteiger partial charge in [-0.05, 0) is 37.6 Å². The van der Waals surface area contributed by atoms with Crippen molar-refractivity contribution in [3.63, 3.8) is 0 Å². The number of hydrogen-bond acceptors (Lipinski definition) is 7. The normalized spacial score (nSPS) is 13.8. The van der Waals surface area contributed by atoms with E-state index >= 15 is 0 Å². The summed E-state index contributed by atoms with van der Waals surface area (Å²) in [5.41, 5.74) is 1.37. The molecular formula is C21H20N4O5S. The van der Waals surface area contributed by atoms with Crippen molar-refractivity contribution in [3.8, 4) is 0 Å². The molecule has 31 heavy (non-hydrogen) atoms. The zero-order valence-electron chi connectivity index (χ0n) is 16.8. The number of carbonyl (C=O) groups excluding carboxylic acids is 2. The minimum Gasteiger partial charge on any atom is -0.360 e. The third kappa shape index (κ3) is 4.12. The second kappa shape index (κ2) is 8.40. The van der Waals surface area contributed by atoms with Crippen molar-refractivity contribution >= 4 is 21.8 Å². The zero-order valence-corrected chi connectivity index (χ0v) is 17.6. The number of aromatic nitrogens is 2. The van der Waals surface area contributed by atoms with Crippen molar-refractivity contribution in [2.24, 2.45) is 0 Å². The van der Waals surface area contributed by atoms with Crippen LogP contribution in [0, 0.1) is 6.92 Å². The maximum atomic E-state index is 13.2. The highest BCUT2D eigenvalue weighted by Crippen LogP contribution is 2.23. The highest BCUT2D eigenvalue weighted by atomic mass is 32.2. The predicted octanol–water partition coefficient (Wildman–Crippen LogP) is 2.26. The smallest absolute Gasteiger partial charge is 0.261 e. The molecule has 1 aliphatic rings. The molecule has 0 bridgehead atoms. The lowest BCUT2D eigenvalue weighted by Crippen LogP contribution is -2.36. The fourth-order valence-electron chi connectivity index (χ4n) is 3.44. The maximum absolute atomic E-state index is 13.2. The first-order valence-electron chi connectivity index (χ1n) is 9.65. The minimum atomic E-state index is -3.87. The molecule has 0 unspecified atom stereocenters. The Morgan fingerprint density at radius 1 is 1.06 bits per heavy atom. The van der Waals surface area contributed by atoms with Crippen molar-refractivity contribution < 1.29 is 22.5 Å². The van der Waals surface area contributed by atoms with Crippen LogP contribution in [-0.4, -0.2) is 52.7 Å². The molecule has 4 rings (SSSR count). The van der Waals surface area contributed by atoms with Crippen LogP contribution in [0.15, 0.2) is 64.3 Å². The Morgan fingerprint density at radius 3 is 2.35 bits per heavy atom. The molecule has 10 heteroatoms. The second-order valence-corrected chi connectivity index (χ2v) is 9.06. The summed E-state index contributed by atoms with van der Waals surface area (Å²) < 4.78 is 32.7. The van der Waals surface area contributed by atoms with Crippen molar-refractivity contribution in [1.82, 2.24) is 19.3 Å². The van der Waals surface area contributed by atoms with Gasteiger partial charge in [-0.15, -0.1) is 0 Å². The van der Waals surface area contributed by atoms with Crippen LogP contribution in [0.3, 0.4) is 0 Å². The molecule has 0 atom stereocenters. The van der Waals surface area contributed by atoms with E-state index in [-0.39, 0.29) is 42.8 Å². The van der Waals surface area contributed by atoms with Gasteiger partial charge in [-0.3, -0.25) is 19.5 Å². The molecule has 3 heterocycles. The van der Waals surface area contributed by atoms with Crippen LogP contribution in [0.2, 0.25) is 0 Å². The lowest BCUT2D eigenvalue weighted by atomic mass is 10.1. The van der Waals surface area contributed by atoms with E-state index in [0.29, 0.717) is 22.6 Å². The lowest BCUT2D eigenvalue weighted by molar-refractivity contribution is 0.0650. The minimum absolute atomic E-state index is 0.0276. The van der Waals surface area contributed by atoms with Gasteiger partial charge in [0.1, 0.15) is 4.90 Å². The summed E-state index contributed by atoms with van der Waals surface area (Å²) in [6.45, 7) is 1.89. The van der Waals surface area contributed by atoms with Crippen molar-refractivity contribution in [3.05, 3.63) is 77.4 Å². The second-order valence-electron chi connectivity index (χ2n) is 7.12. The zero-order chi connectivity index (χ0) is 22.0. The van der Waals surface area contributed by atoms with Crippen LogP contribution in [0.1, 0.15) is 38.6 Å². The lowest BCUT2D eigenvalue weighted by Gasteiger charge is -2.22. The summed E-state index contributed by atoms with van der Waals surface area (Å²) in [5, 5.41) is 3.80. The van der Waals surface area contributed by atoms with Gasteiger partial charge in [0.05, 0.1) is 23.4 Å². The summed E-state index contributed by atoms with van der Waals surface area (Å²) in [4.78, 5) is 30.2. The topological polar surface area (TPSA) is 114 Å². The van der Waals surface area contributed by atoms with E-state index in [1.54, 1.807) is 43.3 Å². The van der Waals surface area contributed by atoms with Gasteiger partial charge in [-0.1, -0.05) is 17.3 Å². The molecule has 2 amide bonds. The number of hydrogen-bond donors (Lipinski definition) is 0. The highest BCUT2D eigenvalue weighted by Gasteiger charge is 2.35. The van der Waals surface area contributed by atoms with E-state index in [2.05, 4.69) is 10.1 Å². The van der Waals surface area contributed by atoms with Gasteiger partial charge < -0.3 is 4.52 Å². The standard InChI is InChI=1S/C21H20N4O5S/c1-15-12-16(30-23-15)14-24(31(28,29)17-6-4-9-22-13-17)10-5-11-25-20(26)18-7-2-3-8-19(18)21(25)27/h2-4,6-9,12-13H,5,10-11,14H2,1H3. The number of sulfonamides is 1. The molecule has 1 aliphatic heterocycles. The molecule has 3 aromatic rings. The van der Waals surface area contributed by atoms with Crippen molar-refractivity contribution in [2.45, 2.75) is 24.8 Å². The Bertz CT molecular complexity index is 1190. The van der Waals surface area contributed by atoms with Crippen LogP contribution in [0.5, 0.6) is 0 Å². The van der Waals surface area contributed by atoms with Gasteiger partial charge in [0.25, 0.3) is 11.8 Å². The average molecular weight is 440 g/mol. The Morgan fingerprint density at radius 2 is 1.77 bits per heavy atom. The summed E-state index contributed by atoms with van der Waals surface area (Å²) in [6.07, 6.45) is 3.03. The van der Waals surface area contributed by atoms with E-state index in [1.165, 1.54) is 22.8 Å². The number of rotatable bonds is 8. The first-order chi connectivity index (χ1) is 14.9. The summed E-state index contributed by atoms with van der Waals surface area (Å²) in [6, 6.07) is 11.3. The Balaban J connectivity index is 1.50. The SMILES string of the molecule is Cc1cc(CN(CCCN2C(=O)c3ccccc3C2=O)S(=O)(=O)c2cccnc2)on1. The number of benzene rings is 1. The predicted molar refractivity (Wildman–Crippen MR) is 109 cm³/mol. The molecule has 2 aromatic heterocycles. The quantitative estimate of drug-likeness (QED) is 0.494. The van der Waals surface area contributed by atoms with Crippen molar-refractivity contribution in [2.75, 3.05) is 13.1 Å². The van der Waals surface area contributed by atoms with Gasteiger partial charge in [-0.2, -0.15) is 4.31 Å². The van der Waals surface area contributed by atoms with E-state index in [4.69, 9.17) is 4.52 Å². The molecule has 9 nitrogen and oxygen atoms in total. The first kappa shape index (κ1) is 20.9. The fourth-order valence-corrected chi connectivity index (χ4v) is 4.85. The van der Waals surface area contributed by atoms with E-state index in [9.17, 15) is 18.0 Å². The molecule has 1 aromatic carbocycles. The molecule has 0 aliphatic carbocycles. The van der Waals surface area contributed by atoms with Gasteiger partial charge in [-0.25, -0.2) is 8.42 Å². The van der Waals surface area contributed by atoms with Gasteiger partial charge in [0, 0.05) is 31.5 Å². The molecule has 0 fully saturated rings. The fraction of sp³-hybridized carbons (Fsp3) is 0.238. The number of carbonyl (C=O) groups is 2. The molecule has 0 saturated heterocycles. The van der Waals surface area contributed by atoms with Gasteiger partial charge in [0.15, 0.2) is 5.76 Å². The summed E-state index contributed by atoms with van der Waals surface area (Å²) >= 11 is 0. The largest absolute Gasteiger partial charge is 0.360 e. The Hall–Kier alpha value is -3.37. The van der Waals surface area contributed by atoms with Crippen LogP contribution in [0.25, 0.3) is 0 Å². The summed E-state index contributed by atoms with van der Waals surface area (Å²) in [5.74, 6) is -0.341. The van der Waals surface area contributed by atoms with E-state index < -0.39 is 10.0 Å². The Labute approximate surface area is 179 Å². The monoisotopic (exact) mass is 440 g/mol. The van der Waals surface area contributed by atoms with Crippen LogP contribution in [0.4, 0.5) is 0 Å². The molecule has 0 N–H and O–H groups in total. The Kier molecular flexibility index (Phi) is 5.66. The number of fused-ring (bicyclic) bond motifs is 1. The summed E-state index contributed by atoms with van der Waals surface area (Å²) in [7, 11) is -3.87. The number of imide groups is 1. The molecule has 0 spiro atoms. The third-order valence-electron chi connectivity index (χ3n) is 4.95.